The summed E-state index contributed by atoms with van der Waals surface area (Å²) in [7, 11) is 0. The van der Waals surface area contributed by atoms with Gasteiger partial charge in [0.05, 0.1) is 6.61 Å². The summed E-state index contributed by atoms with van der Waals surface area (Å²) in [5, 5.41) is 21.9. The zero-order valence-electron chi connectivity index (χ0n) is 19.2. The van der Waals surface area contributed by atoms with Crippen LogP contribution in [0.25, 0.3) is 11.4 Å². The first-order valence-corrected chi connectivity index (χ1v) is 10.8. The molecule has 0 aliphatic carbocycles. The molecule has 3 rings (SSSR count). The van der Waals surface area contributed by atoms with E-state index in [2.05, 4.69) is 25.3 Å². The molecule has 9 nitrogen and oxygen atoms in total. The maximum Gasteiger partial charge on any atom is 0.407 e. The topological polar surface area (TPSA) is 124 Å². The summed E-state index contributed by atoms with van der Waals surface area (Å²) in [5.74, 6) is 0.905. The van der Waals surface area contributed by atoms with E-state index in [0.29, 0.717) is 37.7 Å². The van der Waals surface area contributed by atoms with Crippen molar-refractivity contribution in [3.05, 3.63) is 60.2 Å². The number of carbonyl (C=O) groups is 1. The molecular weight excluding hydrogens is 420 g/mol. The van der Waals surface area contributed by atoms with Crippen LogP contribution in [0.15, 0.2) is 48.9 Å². The van der Waals surface area contributed by atoms with Crippen LogP contribution in [0.5, 0.6) is 0 Å². The minimum atomic E-state index is -0.902. The van der Waals surface area contributed by atoms with Crippen LogP contribution >= 0.6 is 0 Å². The average molecular weight is 451 g/mol. The van der Waals surface area contributed by atoms with Gasteiger partial charge in [0.2, 0.25) is 5.95 Å². The van der Waals surface area contributed by atoms with E-state index in [4.69, 9.17) is 0 Å². The molecule has 1 amide bonds. The molecule has 9 heteroatoms. The summed E-state index contributed by atoms with van der Waals surface area (Å²) in [6.45, 7) is 6.96. The first kappa shape index (κ1) is 24.1. The van der Waals surface area contributed by atoms with Crippen molar-refractivity contribution >= 4 is 17.7 Å². The van der Waals surface area contributed by atoms with Gasteiger partial charge in [-0.1, -0.05) is 32.9 Å². The maximum absolute atomic E-state index is 11.5. The number of aliphatic hydroxyl groups excluding tert-OH is 1. The molecule has 0 spiro atoms. The quantitative estimate of drug-likeness (QED) is 0.444. The Morgan fingerprint density at radius 3 is 2.67 bits per heavy atom. The number of aliphatic hydroxyl groups is 1. The van der Waals surface area contributed by atoms with Crippen LogP contribution in [0, 0.1) is 5.41 Å². The van der Waals surface area contributed by atoms with Crippen molar-refractivity contribution in [2.75, 3.05) is 18.4 Å². The van der Waals surface area contributed by atoms with Gasteiger partial charge in [-0.05, 0) is 48.1 Å². The fourth-order valence-corrected chi connectivity index (χ4v) is 3.39. The Morgan fingerprint density at radius 2 is 1.94 bits per heavy atom. The van der Waals surface area contributed by atoms with E-state index in [9.17, 15) is 15.0 Å². The molecule has 0 saturated heterocycles. The number of rotatable bonds is 9. The van der Waals surface area contributed by atoms with E-state index < -0.39 is 6.09 Å². The van der Waals surface area contributed by atoms with Crippen LogP contribution in [-0.4, -0.2) is 54.2 Å². The second kappa shape index (κ2) is 10.8. The molecule has 0 unspecified atom stereocenters. The Labute approximate surface area is 193 Å². The number of benzene rings is 1. The number of pyridine rings is 1. The number of amides is 1. The summed E-state index contributed by atoms with van der Waals surface area (Å²) < 4.78 is 0. The highest BCUT2D eigenvalue weighted by Crippen LogP contribution is 2.20. The number of nitrogens with zero attached hydrogens (tertiary/aromatic N) is 5. The highest BCUT2D eigenvalue weighted by Gasteiger charge is 2.20. The first-order chi connectivity index (χ1) is 15.7. The number of hydrogen-bond acceptors (Lipinski definition) is 7. The summed E-state index contributed by atoms with van der Waals surface area (Å²) in [5.41, 5.74) is 3.11. The summed E-state index contributed by atoms with van der Waals surface area (Å²) in [6, 6.07) is 11.1. The van der Waals surface area contributed by atoms with Gasteiger partial charge in [0.1, 0.15) is 6.33 Å². The molecule has 33 heavy (non-hydrogen) atoms. The lowest BCUT2D eigenvalue weighted by molar-refractivity contribution is 0.125. The molecule has 3 aromatic rings. The van der Waals surface area contributed by atoms with Gasteiger partial charge in [0, 0.05) is 36.2 Å². The van der Waals surface area contributed by atoms with Gasteiger partial charge in [0.15, 0.2) is 5.82 Å². The Hall–Kier alpha value is -3.59. The summed E-state index contributed by atoms with van der Waals surface area (Å²) >= 11 is 0. The van der Waals surface area contributed by atoms with Crippen molar-refractivity contribution in [3.63, 3.8) is 0 Å². The largest absolute Gasteiger partial charge is 0.465 e. The third-order valence-electron chi connectivity index (χ3n) is 4.81. The van der Waals surface area contributed by atoms with Gasteiger partial charge in [0.25, 0.3) is 0 Å². The van der Waals surface area contributed by atoms with Gasteiger partial charge < -0.3 is 20.4 Å². The van der Waals surface area contributed by atoms with Gasteiger partial charge in [-0.2, -0.15) is 4.98 Å². The molecule has 3 N–H and O–H groups in total. The van der Waals surface area contributed by atoms with Gasteiger partial charge in [-0.15, -0.1) is 0 Å². The second-order valence-electron chi connectivity index (χ2n) is 9.02. The smallest absolute Gasteiger partial charge is 0.407 e. The number of nitrogens with one attached hydrogen (secondary N) is 1. The van der Waals surface area contributed by atoms with Gasteiger partial charge >= 0.3 is 6.09 Å². The lowest BCUT2D eigenvalue weighted by atomic mass is 9.96. The minimum absolute atomic E-state index is 0.0435. The minimum Gasteiger partial charge on any atom is -0.465 e. The monoisotopic (exact) mass is 450 g/mol. The number of carboxylic acid groups (broad SMARTS) is 1. The fourth-order valence-electron chi connectivity index (χ4n) is 3.39. The molecule has 174 valence electrons. The molecule has 0 radical (unpaired) electrons. The zero-order valence-corrected chi connectivity index (χ0v) is 19.2. The Kier molecular flexibility index (Phi) is 7.89. The number of aromatic nitrogens is 4. The normalized spacial score (nSPS) is 11.3. The molecule has 0 bridgehead atoms. The number of anilines is 2. The molecule has 1 aromatic carbocycles. The first-order valence-electron chi connectivity index (χ1n) is 10.8. The molecule has 0 saturated carbocycles. The summed E-state index contributed by atoms with van der Waals surface area (Å²) in [4.78, 5) is 30.4. The van der Waals surface area contributed by atoms with Crippen molar-refractivity contribution in [1.29, 1.82) is 0 Å². The zero-order chi connectivity index (χ0) is 23.8. The molecule has 0 fully saturated rings. The fraction of sp³-hybridized carbons (Fsp3) is 0.375. The van der Waals surface area contributed by atoms with E-state index in [-0.39, 0.29) is 12.0 Å². The molecule has 0 aliphatic rings. The van der Waals surface area contributed by atoms with Crippen molar-refractivity contribution in [2.45, 2.75) is 40.2 Å². The number of hydrogen-bond donors (Lipinski definition) is 3. The highest BCUT2D eigenvalue weighted by atomic mass is 16.4. The second-order valence-corrected chi connectivity index (χ2v) is 9.02. The van der Waals surface area contributed by atoms with Crippen molar-refractivity contribution in [2.24, 2.45) is 5.41 Å². The van der Waals surface area contributed by atoms with Crippen LogP contribution in [0.1, 0.15) is 38.4 Å². The summed E-state index contributed by atoms with van der Waals surface area (Å²) in [6.07, 6.45) is 3.56. The standard InChI is InChI=1S/C24H30N6O3/c1-24(2,3)15-30(23(32)33)11-5-8-19-13-18(9-10-25-19)21-26-16-27-22(29-21)28-20-7-4-6-17(12-20)14-31/h4,6-7,9-10,12-13,16,31H,5,8,11,14-15H2,1-3H3,(H,32,33)(H,26,27,28,29). The SMILES string of the molecule is CC(C)(C)CN(CCCc1cc(-c2ncnc(Nc3cccc(CO)c3)n2)ccn1)C(=O)O. The molecule has 0 aliphatic heterocycles. The predicted octanol–water partition coefficient (Wildman–Crippen LogP) is 4.13. The van der Waals surface area contributed by atoms with Crippen LogP contribution < -0.4 is 5.32 Å². The lowest BCUT2D eigenvalue weighted by Gasteiger charge is -2.27. The van der Waals surface area contributed by atoms with Crippen LogP contribution in [0.4, 0.5) is 16.4 Å². The van der Waals surface area contributed by atoms with E-state index in [0.717, 1.165) is 22.5 Å². The lowest BCUT2D eigenvalue weighted by Crippen LogP contribution is -2.37. The molecule has 2 heterocycles. The van der Waals surface area contributed by atoms with E-state index in [1.54, 1.807) is 6.20 Å². The maximum atomic E-state index is 11.5. The third-order valence-corrected chi connectivity index (χ3v) is 4.81. The third kappa shape index (κ3) is 7.50. The van der Waals surface area contributed by atoms with E-state index in [1.807, 2.05) is 57.2 Å². The average Bonchev–Trinajstić information content (AvgIpc) is 2.78. The Balaban J connectivity index is 1.66. The van der Waals surface area contributed by atoms with Gasteiger partial charge in [-0.25, -0.2) is 14.8 Å². The van der Waals surface area contributed by atoms with Crippen LogP contribution in [-0.2, 0) is 13.0 Å². The van der Waals surface area contributed by atoms with E-state index >= 15 is 0 Å². The molecular formula is C24H30N6O3. The van der Waals surface area contributed by atoms with Crippen molar-refractivity contribution in [1.82, 2.24) is 24.8 Å². The van der Waals surface area contributed by atoms with Crippen molar-refractivity contribution < 1.29 is 15.0 Å². The van der Waals surface area contributed by atoms with Crippen LogP contribution in [0.2, 0.25) is 0 Å². The highest BCUT2D eigenvalue weighted by molar-refractivity contribution is 5.65. The van der Waals surface area contributed by atoms with E-state index in [1.165, 1.54) is 11.2 Å². The van der Waals surface area contributed by atoms with Crippen LogP contribution in [0.3, 0.4) is 0 Å². The number of aryl methyl sites for hydroxylation is 1. The molecule has 2 aromatic heterocycles. The Morgan fingerprint density at radius 1 is 1.12 bits per heavy atom. The van der Waals surface area contributed by atoms with Gasteiger partial charge in [-0.3, -0.25) is 4.98 Å². The Bertz CT molecular complexity index is 1080. The molecule has 0 atom stereocenters. The predicted molar refractivity (Wildman–Crippen MR) is 126 cm³/mol. The van der Waals surface area contributed by atoms with Crippen molar-refractivity contribution in [3.8, 4) is 11.4 Å².